The lowest BCUT2D eigenvalue weighted by atomic mass is 10.1. The molecule has 0 spiro atoms. The maximum Gasteiger partial charge on any atom is 0.223 e. The monoisotopic (exact) mass is 211 g/mol. The van der Waals surface area contributed by atoms with Crippen LogP contribution in [0.1, 0.15) is 45.4 Å². The molecule has 0 unspecified atom stereocenters. The van der Waals surface area contributed by atoms with Crippen molar-refractivity contribution in [2.24, 2.45) is 5.92 Å². The molecule has 2 atom stereocenters. The maximum atomic E-state index is 11.8. The van der Waals surface area contributed by atoms with E-state index >= 15 is 0 Å². The third kappa shape index (κ3) is 2.71. The molecule has 3 nitrogen and oxygen atoms in total. The number of ether oxygens (including phenoxy) is 1. The van der Waals surface area contributed by atoms with Gasteiger partial charge in [0.25, 0.3) is 0 Å². The zero-order chi connectivity index (χ0) is 10.7. The summed E-state index contributed by atoms with van der Waals surface area (Å²) in [5.41, 5.74) is 0. The summed E-state index contributed by atoms with van der Waals surface area (Å²) in [6, 6.07) is 0.181. The zero-order valence-corrected chi connectivity index (χ0v) is 9.50. The Morgan fingerprint density at radius 1 is 1.27 bits per heavy atom. The molecule has 0 aromatic rings. The van der Waals surface area contributed by atoms with Crippen LogP contribution >= 0.6 is 0 Å². The average molecular weight is 211 g/mol. The van der Waals surface area contributed by atoms with E-state index in [4.69, 9.17) is 4.74 Å². The first-order valence-corrected chi connectivity index (χ1v) is 6.19. The van der Waals surface area contributed by atoms with E-state index in [1.807, 2.05) is 0 Å². The Labute approximate surface area is 91.6 Å². The van der Waals surface area contributed by atoms with Gasteiger partial charge in [-0.3, -0.25) is 4.79 Å². The molecular weight excluding hydrogens is 190 g/mol. The van der Waals surface area contributed by atoms with E-state index in [1.165, 1.54) is 12.8 Å². The highest BCUT2D eigenvalue weighted by atomic mass is 16.5. The van der Waals surface area contributed by atoms with Crippen LogP contribution in [0.4, 0.5) is 0 Å². The molecule has 1 saturated carbocycles. The SMILES string of the molecule is C[C@H](NC(=O)C1CCCC1)[C@@H]1CCCO1. The lowest BCUT2D eigenvalue weighted by Crippen LogP contribution is -2.43. The summed E-state index contributed by atoms with van der Waals surface area (Å²) in [7, 11) is 0. The lowest BCUT2D eigenvalue weighted by molar-refractivity contribution is -0.126. The molecule has 2 rings (SSSR count). The number of hydrogen-bond donors (Lipinski definition) is 1. The van der Waals surface area contributed by atoms with Crippen LogP contribution in [0.2, 0.25) is 0 Å². The first-order valence-electron chi connectivity index (χ1n) is 6.19. The molecule has 2 aliphatic rings. The predicted octanol–water partition coefficient (Wildman–Crippen LogP) is 1.86. The van der Waals surface area contributed by atoms with Crippen molar-refractivity contribution >= 4 is 5.91 Å². The Bertz CT molecular complexity index is 218. The van der Waals surface area contributed by atoms with Crippen LogP contribution in [0, 0.1) is 5.92 Å². The second-order valence-corrected chi connectivity index (χ2v) is 4.83. The van der Waals surface area contributed by atoms with Gasteiger partial charge in [-0.05, 0) is 32.6 Å². The average Bonchev–Trinajstić information content (AvgIpc) is 2.91. The van der Waals surface area contributed by atoms with E-state index in [1.54, 1.807) is 0 Å². The van der Waals surface area contributed by atoms with Crippen LogP contribution in [0.5, 0.6) is 0 Å². The van der Waals surface area contributed by atoms with Crippen molar-refractivity contribution in [1.29, 1.82) is 0 Å². The van der Waals surface area contributed by atoms with Crippen molar-refractivity contribution in [2.75, 3.05) is 6.61 Å². The minimum Gasteiger partial charge on any atom is -0.376 e. The van der Waals surface area contributed by atoms with Crippen LogP contribution in [-0.4, -0.2) is 24.7 Å². The van der Waals surface area contributed by atoms with Gasteiger partial charge in [-0.25, -0.2) is 0 Å². The highest BCUT2D eigenvalue weighted by molar-refractivity contribution is 5.79. The van der Waals surface area contributed by atoms with E-state index in [9.17, 15) is 4.79 Å². The van der Waals surface area contributed by atoms with Crippen molar-refractivity contribution in [2.45, 2.75) is 57.6 Å². The summed E-state index contributed by atoms with van der Waals surface area (Å²) in [4.78, 5) is 11.8. The van der Waals surface area contributed by atoms with Crippen LogP contribution in [0.25, 0.3) is 0 Å². The third-order valence-electron chi connectivity index (χ3n) is 3.62. The molecule has 0 aromatic heterocycles. The van der Waals surface area contributed by atoms with Gasteiger partial charge in [0.2, 0.25) is 5.91 Å². The number of carbonyl (C=O) groups excluding carboxylic acids is 1. The van der Waals surface area contributed by atoms with E-state index < -0.39 is 0 Å². The maximum absolute atomic E-state index is 11.8. The first-order chi connectivity index (χ1) is 7.27. The predicted molar refractivity (Wildman–Crippen MR) is 58.5 cm³/mol. The second kappa shape index (κ2) is 4.97. The summed E-state index contributed by atoms with van der Waals surface area (Å²) in [6.45, 7) is 2.91. The van der Waals surface area contributed by atoms with E-state index in [-0.39, 0.29) is 24.0 Å². The van der Waals surface area contributed by atoms with E-state index in [0.29, 0.717) is 0 Å². The molecule has 1 amide bonds. The van der Waals surface area contributed by atoms with Crippen LogP contribution < -0.4 is 5.32 Å². The fourth-order valence-electron chi connectivity index (χ4n) is 2.62. The van der Waals surface area contributed by atoms with Crippen LogP contribution in [0.3, 0.4) is 0 Å². The van der Waals surface area contributed by atoms with Crippen molar-refractivity contribution in [1.82, 2.24) is 5.32 Å². The number of nitrogens with one attached hydrogen (secondary N) is 1. The summed E-state index contributed by atoms with van der Waals surface area (Å²) in [5, 5.41) is 3.10. The first kappa shape index (κ1) is 10.9. The molecule has 3 heteroatoms. The molecule has 1 N–H and O–H groups in total. The largest absolute Gasteiger partial charge is 0.376 e. The smallest absolute Gasteiger partial charge is 0.223 e. The Kier molecular flexibility index (Phi) is 3.62. The summed E-state index contributed by atoms with van der Waals surface area (Å²) < 4.78 is 5.56. The normalized spacial score (nSPS) is 29.3. The molecule has 2 fully saturated rings. The minimum atomic E-state index is 0.181. The molecule has 15 heavy (non-hydrogen) atoms. The fraction of sp³-hybridized carbons (Fsp3) is 0.917. The molecular formula is C12H21NO2. The van der Waals surface area contributed by atoms with Crippen molar-refractivity contribution < 1.29 is 9.53 Å². The van der Waals surface area contributed by atoms with Crippen molar-refractivity contribution in [3.05, 3.63) is 0 Å². The number of amides is 1. The van der Waals surface area contributed by atoms with Gasteiger partial charge in [0.1, 0.15) is 0 Å². The zero-order valence-electron chi connectivity index (χ0n) is 9.50. The number of hydrogen-bond acceptors (Lipinski definition) is 2. The fourth-order valence-corrected chi connectivity index (χ4v) is 2.62. The van der Waals surface area contributed by atoms with Gasteiger partial charge >= 0.3 is 0 Å². The Balaban J connectivity index is 1.77. The summed E-state index contributed by atoms with van der Waals surface area (Å²) in [5.74, 6) is 0.518. The number of carbonyl (C=O) groups is 1. The van der Waals surface area contributed by atoms with Gasteiger partial charge in [0.15, 0.2) is 0 Å². The van der Waals surface area contributed by atoms with Crippen molar-refractivity contribution in [3.63, 3.8) is 0 Å². The minimum absolute atomic E-state index is 0.181. The Morgan fingerprint density at radius 3 is 2.60 bits per heavy atom. The van der Waals surface area contributed by atoms with Crippen molar-refractivity contribution in [3.8, 4) is 0 Å². The highest BCUT2D eigenvalue weighted by Gasteiger charge is 2.27. The molecule has 1 aliphatic heterocycles. The van der Waals surface area contributed by atoms with Gasteiger partial charge in [-0.2, -0.15) is 0 Å². The van der Waals surface area contributed by atoms with E-state index in [2.05, 4.69) is 12.2 Å². The second-order valence-electron chi connectivity index (χ2n) is 4.83. The van der Waals surface area contributed by atoms with Gasteiger partial charge in [0, 0.05) is 12.5 Å². The standard InChI is InChI=1S/C12H21NO2/c1-9(11-7-4-8-15-11)13-12(14)10-5-2-3-6-10/h9-11H,2-8H2,1H3,(H,13,14)/t9-,11-/m0/s1. The van der Waals surface area contributed by atoms with Gasteiger partial charge in [-0.1, -0.05) is 12.8 Å². The van der Waals surface area contributed by atoms with Crippen LogP contribution in [0.15, 0.2) is 0 Å². The molecule has 1 aliphatic carbocycles. The molecule has 0 aromatic carbocycles. The third-order valence-corrected chi connectivity index (χ3v) is 3.62. The summed E-state index contributed by atoms with van der Waals surface area (Å²) in [6.07, 6.45) is 7.04. The van der Waals surface area contributed by atoms with Gasteiger partial charge < -0.3 is 10.1 Å². The molecule has 0 bridgehead atoms. The Morgan fingerprint density at radius 2 is 2.00 bits per heavy atom. The number of rotatable bonds is 3. The topological polar surface area (TPSA) is 38.3 Å². The molecule has 1 heterocycles. The highest BCUT2D eigenvalue weighted by Crippen LogP contribution is 2.25. The molecule has 0 radical (unpaired) electrons. The summed E-state index contributed by atoms with van der Waals surface area (Å²) >= 11 is 0. The van der Waals surface area contributed by atoms with E-state index in [0.717, 1.165) is 32.3 Å². The molecule has 1 saturated heterocycles. The van der Waals surface area contributed by atoms with Gasteiger partial charge in [0.05, 0.1) is 12.1 Å². The Hall–Kier alpha value is -0.570. The molecule has 86 valence electrons. The van der Waals surface area contributed by atoms with Gasteiger partial charge in [-0.15, -0.1) is 0 Å². The lowest BCUT2D eigenvalue weighted by Gasteiger charge is -2.21. The van der Waals surface area contributed by atoms with Crippen LogP contribution in [-0.2, 0) is 9.53 Å². The quantitative estimate of drug-likeness (QED) is 0.773.